The van der Waals surface area contributed by atoms with Crippen LogP contribution in [0.25, 0.3) is 0 Å². The number of rotatable bonds is 2. The third-order valence-corrected chi connectivity index (χ3v) is 4.57. The van der Waals surface area contributed by atoms with Gasteiger partial charge >= 0.3 is 5.97 Å². The number of carbonyl (C=O) groups is 1. The molecule has 4 nitrogen and oxygen atoms in total. The average Bonchev–Trinajstić information content (AvgIpc) is 2.60. The molecule has 102 valence electrons. The van der Waals surface area contributed by atoms with Crippen molar-refractivity contribution in [3.05, 3.63) is 28.6 Å². The number of pyridine rings is 1. The molecule has 3 heterocycles. The van der Waals surface area contributed by atoms with E-state index in [2.05, 4.69) is 11.9 Å². The first-order valence-corrected chi connectivity index (χ1v) is 6.98. The van der Waals surface area contributed by atoms with Gasteiger partial charge in [0, 0.05) is 24.2 Å². The van der Waals surface area contributed by atoms with Gasteiger partial charge in [-0.15, -0.1) is 0 Å². The Bertz CT molecular complexity index is 539. The summed E-state index contributed by atoms with van der Waals surface area (Å²) in [5.74, 6) is -0.713. The van der Waals surface area contributed by atoms with Gasteiger partial charge in [-0.1, -0.05) is 13.8 Å². The second-order valence-corrected chi connectivity index (χ2v) is 6.03. The highest BCUT2D eigenvalue weighted by molar-refractivity contribution is 5.89. The lowest BCUT2D eigenvalue weighted by Gasteiger charge is -2.33. The predicted octanol–water partition coefficient (Wildman–Crippen LogP) is 2.59. The van der Waals surface area contributed by atoms with Gasteiger partial charge in [0.1, 0.15) is 0 Å². The van der Waals surface area contributed by atoms with Crippen LogP contribution in [0.4, 0.5) is 0 Å². The fourth-order valence-corrected chi connectivity index (χ4v) is 3.50. The van der Waals surface area contributed by atoms with E-state index in [9.17, 15) is 9.90 Å². The first kappa shape index (κ1) is 12.6. The summed E-state index contributed by atoms with van der Waals surface area (Å²) in [6.45, 7) is 4.01. The fourth-order valence-electron chi connectivity index (χ4n) is 3.50. The third kappa shape index (κ3) is 1.86. The molecule has 3 rings (SSSR count). The summed E-state index contributed by atoms with van der Waals surface area (Å²) in [6, 6.07) is 2.82. The van der Waals surface area contributed by atoms with Gasteiger partial charge in [-0.25, -0.2) is 4.79 Å². The van der Waals surface area contributed by atoms with E-state index in [1.54, 1.807) is 0 Å². The SMILES string of the molecule is CC(C)c1nc2c(cc1C(=O)O)C1CCC(C2)N1C. The van der Waals surface area contributed by atoms with E-state index in [0.29, 0.717) is 17.6 Å². The number of likely N-dealkylation sites (N-methyl/N-ethyl adjacent to an activating group) is 1. The number of fused-ring (bicyclic) bond motifs is 4. The van der Waals surface area contributed by atoms with Gasteiger partial charge in [0.2, 0.25) is 0 Å². The molecular formula is C15H20N2O2. The maximum atomic E-state index is 11.4. The molecule has 0 aromatic carbocycles. The molecular weight excluding hydrogens is 240 g/mol. The van der Waals surface area contributed by atoms with Crippen LogP contribution in [0.5, 0.6) is 0 Å². The van der Waals surface area contributed by atoms with Gasteiger partial charge in [-0.3, -0.25) is 9.88 Å². The van der Waals surface area contributed by atoms with Crippen molar-refractivity contribution in [2.24, 2.45) is 0 Å². The number of carboxylic acid groups (broad SMARTS) is 1. The second kappa shape index (κ2) is 4.30. The van der Waals surface area contributed by atoms with Crippen molar-refractivity contribution in [3.8, 4) is 0 Å². The number of aromatic carboxylic acids is 1. The van der Waals surface area contributed by atoms with Crippen LogP contribution in [0.2, 0.25) is 0 Å². The Morgan fingerprint density at radius 1 is 1.47 bits per heavy atom. The minimum atomic E-state index is -0.859. The third-order valence-electron chi connectivity index (χ3n) is 4.57. The molecule has 4 heteroatoms. The molecule has 2 aliphatic rings. The van der Waals surface area contributed by atoms with Gasteiger partial charge in [0.15, 0.2) is 0 Å². The minimum Gasteiger partial charge on any atom is -0.478 e. The van der Waals surface area contributed by atoms with E-state index in [1.165, 1.54) is 6.42 Å². The van der Waals surface area contributed by atoms with Crippen molar-refractivity contribution < 1.29 is 9.90 Å². The zero-order valence-corrected chi connectivity index (χ0v) is 11.7. The topological polar surface area (TPSA) is 53.4 Å². The second-order valence-electron chi connectivity index (χ2n) is 6.03. The van der Waals surface area contributed by atoms with E-state index in [0.717, 1.165) is 29.8 Å². The Morgan fingerprint density at radius 2 is 2.21 bits per heavy atom. The lowest BCUT2D eigenvalue weighted by molar-refractivity contribution is 0.0694. The quantitative estimate of drug-likeness (QED) is 0.888. The minimum absolute atomic E-state index is 0.147. The molecule has 2 bridgehead atoms. The molecule has 1 aromatic rings. The molecule has 0 radical (unpaired) electrons. The van der Waals surface area contributed by atoms with E-state index in [1.807, 2.05) is 19.9 Å². The molecule has 0 amide bonds. The monoisotopic (exact) mass is 260 g/mol. The van der Waals surface area contributed by atoms with Crippen LogP contribution in [0.3, 0.4) is 0 Å². The highest BCUT2D eigenvalue weighted by Crippen LogP contribution is 2.42. The summed E-state index contributed by atoms with van der Waals surface area (Å²) >= 11 is 0. The molecule has 19 heavy (non-hydrogen) atoms. The lowest BCUT2D eigenvalue weighted by Crippen LogP contribution is -2.35. The van der Waals surface area contributed by atoms with Crippen LogP contribution in [0.1, 0.15) is 66.0 Å². The van der Waals surface area contributed by atoms with Crippen LogP contribution in [0, 0.1) is 0 Å². The van der Waals surface area contributed by atoms with Gasteiger partial charge in [-0.05, 0) is 37.4 Å². The van der Waals surface area contributed by atoms with Gasteiger partial charge in [-0.2, -0.15) is 0 Å². The van der Waals surface area contributed by atoms with Crippen molar-refractivity contribution >= 4 is 5.97 Å². The van der Waals surface area contributed by atoms with Gasteiger partial charge in [0.25, 0.3) is 0 Å². The smallest absolute Gasteiger partial charge is 0.337 e. The number of hydrogen-bond acceptors (Lipinski definition) is 3. The fraction of sp³-hybridized carbons (Fsp3) is 0.600. The van der Waals surface area contributed by atoms with E-state index < -0.39 is 5.97 Å². The number of carboxylic acids is 1. The molecule has 2 unspecified atom stereocenters. The van der Waals surface area contributed by atoms with Crippen LogP contribution in [-0.2, 0) is 6.42 Å². The van der Waals surface area contributed by atoms with Gasteiger partial charge in [0.05, 0.1) is 11.3 Å². The zero-order chi connectivity index (χ0) is 13.7. The summed E-state index contributed by atoms with van der Waals surface area (Å²) in [5.41, 5.74) is 3.38. The Hall–Kier alpha value is -1.42. The first-order valence-electron chi connectivity index (χ1n) is 6.98. The van der Waals surface area contributed by atoms with E-state index in [-0.39, 0.29) is 5.92 Å². The number of aromatic nitrogens is 1. The summed E-state index contributed by atoms with van der Waals surface area (Å²) < 4.78 is 0. The Morgan fingerprint density at radius 3 is 2.84 bits per heavy atom. The normalized spacial score (nSPS) is 25.7. The highest BCUT2D eigenvalue weighted by atomic mass is 16.4. The molecule has 0 aliphatic carbocycles. The Balaban J connectivity index is 2.15. The molecule has 2 aliphatic heterocycles. The predicted molar refractivity (Wildman–Crippen MR) is 72.5 cm³/mol. The summed E-state index contributed by atoms with van der Waals surface area (Å²) in [6.07, 6.45) is 3.27. The summed E-state index contributed by atoms with van der Waals surface area (Å²) in [5, 5.41) is 9.40. The zero-order valence-electron chi connectivity index (χ0n) is 11.7. The Labute approximate surface area is 113 Å². The molecule has 1 fully saturated rings. The van der Waals surface area contributed by atoms with Crippen molar-refractivity contribution in [2.75, 3.05) is 7.05 Å². The Kier molecular flexibility index (Phi) is 2.86. The molecule has 1 saturated heterocycles. The van der Waals surface area contributed by atoms with Crippen LogP contribution < -0.4 is 0 Å². The van der Waals surface area contributed by atoms with Crippen molar-refractivity contribution in [1.82, 2.24) is 9.88 Å². The molecule has 1 N–H and O–H groups in total. The summed E-state index contributed by atoms with van der Waals surface area (Å²) in [7, 11) is 2.14. The highest BCUT2D eigenvalue weighted by Gasteiger charge is 2.39. The van der Waals surface area contributed by atoms with Crippen LogP contribution in [0.15, 0.2) is 6.07 Å². The standard InChI is InChI=1S/C15H20N2O2/c1-8(2)14-11(15(18)19)7-10-12(16-14)6-9-4-5-13(10)17(9)3/h7-9,13H,4-6H2,1-3H3,(H,18,19). The van der Waals surface area contributed by atoms with Crippen LogP contribution in [-0.4, -0.2) is 34.0 Å². The molecule has 2 atom stereocenters. The average molecular weight is 260 g/mol. The lowest BCUT2D eigenvalue weighted by atomic mass is 9.93. The number of hydrogen-bond donors (Lipinski definition) is 1. The maximum absolute atomic E-state index is 11.4. The van der Waals surface area contributed by atoms with Gasteiger partial charge < -0.3 is 5.11 Å². The summed E-state index contributed by atoms with van der Waals surface area (Å²) in [4.78, 5) is 18.5. The van der Waals surface area contributed by atoms with Crippen molar-refractivity contribution in [1.29, 1.82) is 0 Å². The van der Waals surface area contributed by atoms with Crippen molar-refractivity contribution in [3.63, 3.8) is 0 Å². The number of nitrogens with zero attached hydrogens (tertiary/aromatic N) is 2. The van der Waals surface area contributed by atoms with E-state index in [4.69, 9.17) is 4.98 Å². The first-order chi connectivity index (χ1) is 8.99. The van der Waals surface area contributed by atoms with Crippen LogP contribution >= 0.6 is 0 Å². The molecule has 0 saturated carbocycles. The van der Waals surface area contributed by atoms with E-state index >= 15 is 0 Å². The molecule has 1 aromatic heterocycles. The maximum Gasteiger partial charge on any atom is 0.337 e. The largest absolute Gasteiger partial charge is 0.478 e. The molecule has 0 spiro atoms. The van der Waals surface area contributed by atoms with Crippen molar-refractivity contribution in [2.45, 2.75) is 51.1 Å².